The molecule has 2 saturated heterocycles. The molecule has 2 aliphatic rings. The van der Waals surface area contributed by atoms with E-state index in [2.05, 4.69) is 14.9 Å². The maximum Gasteiger partial charge on any atom is 0.231 e. The van der Waals surface area contributed by atoms with Crippen molar-refractivity contribution in [3.05, 3.63) is 6.07 Å². The SMILES string of the molecule is COc1cc(OC)nc(N2CCC[C@@]3(CCC(=O)N(CCCO)C3)C2)n1. The molecule has 0 aliphatic carbocycles. The molecule has 2 aliphatic heterocycles. The summed E-state index contributed by atoms with van der Waals surface area (Å²) in [6, 6.07) is 1.67. The topological polar surface area (TPSA) is 88.0 Å². The molecule has 1 aromatic rings. The Morgan fingerprint density at radius 3 is 2.58 bits per heavy atom. The van der Waals surface area contributed by atoms with Crippen LogP contribution in [-0.2, 0) is 4.79 Å². The third kappa shape index (κ3) is 4.00. The molecule has 1 atom stereocenters. The molecule has 1 amide bonds. The molecule has 3 heterocycles. The number of carbonyl (C=O) groups excluding carboxylic acids is 1. The summed E-state index contributed by atoms with van der Waals surface area (Å²) in [5, 5.41) is 9.09. The van der Waals surface area contributed by atoms with Gasteiger partial charge in [0.05, 0.1) is 20.3 Å². The molecule has 1 spiro atoms. The number of piperidine rings is 2. The van der Waals surface area contributed by atoms with Crippen molar-refractivity contribution in [3.63, 3.8) is 0 Å². The van der Waals surface area contributed by atoms with Crippen molar-refractivity contribution in [1.29, 1.82) is 0 Å². The lowest BCUT2D eigenvalue weighted by Gasteiger charge is -2.48. The number of anilines is 1. The lowest BCUT2D eigenvalue weighted by molar-refractivity contribution is -0.138. The largest absolute Gasteiger partial charge is 0.481 e. The van der Waals surface area contributed by atoms with E-state index in [1.54, 1.807) is 20.3 Å². The zero-order valence-corrected chi connectivity index (χ0v) is 15.6. The molecule has 2 fully saturated rings. The van der Waals surface area contributed by atoms with Gasteiger partial charge in [-0.1, -0.05) is 0 Å². The molecule has 3 rings (SSSR count). The van der Waals surface area contributed by atoms with E-state index in [1.165, 1.54) is 0 Å². The van der Waals surface area contributed by atoms with Gasteiger partial charge in [-0.05, 0) is 25.7 Å². The maximum absolute atomic E-state index is 12.2. The van der Waals surface area contributed by atoms with Crippen molar-refractivity contribution in [1.82, 2.24) is 14.9 Å². The number of hydrogen-bond acceptors (Lipinski definition) is 7. The van der Waals surface area contributed by atoms with Crippen LogP contribution in [0.2, 0.25) is 0 Å². The van der Waals surface area contributed by atoms with Crippen LogP contribution in [0.3, 0.4) is 0 Å². The second kappa shape index (κ2) is 8.07. The Labute approximate surface area is 154 Å². The van der Waals surface area contributed by atoms with E-state index in [1.807, 2.05) is 4.90 Å². The van der Waals surface area contributed by atoms with Crippen molar-refractivity contribution in [2.75, 3.05) is 51.9 Å². The predicted octanol–water partition coefficient (Wildman–Crippen LogP) is 1.09. The first-order chi connectivity index (χ1) is 12.6. The van der Waals surface area contributed by atoms with Crippen LogP contribution in [0, 0.1) is 5.41 Å². The highest BCUT2D eigenvalue weighted by Crippen LogP contribution is 2.40. The van der Waals surface area contributed by atoms with Crippen LogP contribution in [-0.4, -0.2) is 72.9 Å². The second-order valence-corrected chi connectivity index (χ2v) is 7.17. The number of nitrogens with zero attached hydrogens (tertiary/aromatic N) is 4. The van der Waals surface area contributed by atoms with Gasteiger partial charge in [-0.2, -0.15) is 9.97 Å². The number of amides is 1. The molecule has 0 unspecified atom stereocenters. The van der Waals surface area contributed by atoms with Crippen LogP contribution in [0.4, 0.5) is 5.95 Å². The van der Waals surface area contributed by atoms with Gasteiger partial charge in [-0.25, -0.2) is 0 Å². The van der Waals surface area contributed by atoms with E-state index in [0.29, 0.717) is 37.1 Å². The van der Waals surface area contributed by atoms with Gasteiger partial charge >= 0.3 is 0 Å². The zero-order chi connectivity index (χ0) is 18.6. The number of hydrogen-bond donors (Lipinski definition) is 1. The summed E-state index contributed by atoms with van der Waals surface area (Å²) in [5.41, 5.74) is 0.0568. The van der Waals surface area contributed by atoms with Crippen molar-refractivity contribution in [3.8, 4) is 11.8 Å². The molecular formula is C18H28N4O4. The number of aromatic nitrogens is 2. The van der Waals surface area contributed by atoms with Gasteiger partial charge in [0.15, 0.2) is 0 Å². The number of carbonyl (C=O) groups is 1. The second-order valence-electron chi connectivity index (χ2n) is 7.17. The number of methoxy groups -OCH3 is 2. The average molecular weight is 364 g/mol. The summed E-state index contributed by atoms with van der Waals surface area (Å²) in [6.07, 6.45) is 4.21. The minimum absolute atomic E-state index is 0.0568. The number of rotatable bonds is 6. The quantitative estimate of drug-likeness (QED) is 0.808. The normalized spacial score (nSPS) is 23.4. The highest BCUT2D eigenvalue weighted by Gasteiger charge is 2.42. The van der Waals surface area contributed by atoms with Gasteiger partial charge in [-0.3, -0.25) is 4.79 Å². The summed E-state index contributed by atoms with van der Waals surface area (Å²) in [5.74, 6) is 1.77. The number of aliphatic hydroxyl groups is 1. The monoisotopic (exact) mass is 364 g/mol. The third-order valence-corrected chi connectivity index (χ3v) is 5.36. The highest BCUT2D eigenvalue weighted by atomic mass is 16.5. The lowest BCUT2D eigenvalue weighted by Crippen LogP contribution is -2.54. The summed E-state index contributed by atoms with van der Waals surface area (Å²) >= 11 is 0. The first-order valence-corrected chi connectivity index (χ1v) is 9.20. The van der Waals surface area contributed by atoms with Crippen LogP contribution in [0.15, 0.2) is 6.07 Å². The van der Waals surface area contributed by atoms with Gasteiger partial charge in [0.25, 0.3) is 0 Å². The average Bonchev–Trinajstić information content (AvgIpc) is 2.68. The van der Waals surface area contributed by atoms with Gasteiger partial charge in [-0.15, -0.1) is 0 Å². The predicted molar refractivity (Wildman–Crippen MR) is 96.5 cm³/mol. The van der Waals surface area contributed by atoms with Crippen LogP contribution in [0.5, 0.6) is 11.8 Å². The minimum Gasteiger partial charge on any atom is -0.481 e. The summed E-state index contributed by atoms with van der Waals surface area (Å²) in [4.78, 5) is 25.3. The molecule has 26 heavy (non-hydrogen) atoms. The number of likely N-dealkylation sites (tertiary alicyclic amines) is 1. The molecule has 0 radical (unpaired) electrons. The Morgan fingerprint density at radius 1 is 1.19 bits per heavy atom. The first-order valence-electron chi connectivity index (χ1n) is 9.20. The summed E-state index contributed by atoms with van der Waals surface area (Å²) < 4.78 is 10.5. The Bertz CT molecular complexity index is 619. The van der Waals surface area contributed by atoms with Gasteiger partial charge in [0.1, 0.15) is 0 Å². The van der Waals surface area contributed by atoms with Crippen molar-refractivity contribution >= 4 is 11.9 Å². The van der Waals surface area contributed by atoms with E-state index in [4.69, 9.17) is 14.6 Å². The Hall–Kier alpha value is -2.09. The fraction of sp³-hybridized carbons (Fsp3) is 0.722. The van der Waals surface area contributed by atoms with E-state index in [0.717, 1.165) is 38.9 Å². The molecule has 1 aromatic heterocycles. The molecule has 0 saturated carbocycles. The van der Waals surface area contributed by atoms with Crippen LogP contribution >= 0.6 is 0 Å². The number of aliphatic hydroxyl groups excluding tert-OH is 1. The molecular weight excluding hydrogens is 336 g/mol. The molecule has 0 bridgehead atoms. The first kappa shape index (κ1) is 18.7. The highest BCUT2D eigenvalue weighted by molar-refractivity contribution is 5.77. The fourth-order valence-corrected chi connectivity index (χ4v) is 4.02. The number of ether oxygens (including phenoxy) is 2. The summed E-state index contributed by atoms with van der Waals surface area (Å²) in [7, 11) is 3.16. The standard InChI is InChI=1S/C18H28N4O4/c1-25-14-11-15(26-2)20-17(19-14)22-8-3-6-18(13-22)7-5-16(24)21(12-18)9-4-10-23/h11,23H,3-10,12-13H2,1-2H3/t18-/m0/s1. The maximum atomic E-state index is 12.2. The summed E-state index contributed by atoms with van der Waals surface area (Å²) in [6.45, 7) is 3.17. The molecule has 0 aromatic carbocycles. The molecule has 8 nitrogen and oxygen atoms in total. The van der Waals surface area contributed by atoms with Crippen molar-refractivity contribution in [2.24, 2.45) is 5.41 Å². The van der Waals surface area contributed by atoms with E-state index in [9.17, 15) is 4.79 Å². The van der Waals surface area contributed by atoms with Gasteiger partial charge < -0.3 is 24.4 Å². The van der Waals surface area contributed by atoms with Gasteiger partial charge in [0, 0.05) is 44.6 Å². The zero-order valence-electron chi connectivity index (χ0n) is 15.6. The Balaban J connectivity index is 1.77. The Kier molecular flexibility index (Phi) is 5.80. The van der Waals surface area contributed by atoms with E-state index in [-0.39, 0.29) is 17.9 Å². The van der Waals surface area contributed by atoms with E-state index >= 15 is 0 Å². The van der Waals surface area contributed by atoms with Crippen molar-refractivity contribution in [2.45, 2.75) is 32.1 Å². The Morgan fingerprint density at radius 2 is 1.92 bits per heavy atom. The molecule has 8 heteroatoms. The van der Waals surface area contributed by atoms with E-state index < -0.39 is 0 Å². The van der Waals surface area contributed by atoms with Gasteiger partial charge in [0.2, 0.25) is 23.6 Å². The van der Waals surface area contributed by atoms with Crippen molar-refractivity contribution < 1.29 is 19.4 Å². The van der Waals surface area contributed by atoms with Crippen LogP contribution in [0.1, 0.15) is 32.1 Å². The van der Waals surface area contributed by atoms with Crippen LogP contribution in [0.25, 0.3) is 0 Å². The van der Waals surface area contributed by atoms with Crippen LogP contribution < -0.4 is 14.4 Å². The smallest absolute Gasteiger partial charge is 0.231 e. The molecule has 1 N–H and O–H groups in total. The lowest BCUT2D eigenvalue weighted by atomic mass is 9.73. The molecule has 144 valence electrons. The fourth-order valence-electron chi connectivity index (χ4n) is 4.02. The third-order valence-electron chi connectivity index (χ3n) is 5.36. The minimum atomic E-state index is 0.0568.